The summed E-state index contributed by atoms with van der Waals surface area (Å²) in [5.41, 5.74) is 5.28. The molecule has 49 valence electrons. The summed E-state index contributed by atoms with van der Waals surface area (Å²) in [5, 5.41) is 0. The molecule has 0 aromatic heterocycles. The van der Waals surface area contributed by atoms with Crippen LogP contribution in [-0.2, 0) is 4.74 Å². The van der Waals surface area contributed by atoms with Gasteiger partial charge in [0.1, 0.15) is 0 Å². The van der Waals surface area contributed by atoms with Crippen molar-refractivity contribution in [2.24, 2.45) is 5.73 Å². The van der Waals surface area contributed by atoms with Gasteiger partial charge in [-0.25, -0.2) is 0 Å². The average Bonchev–Trinajstić information content (AvgIpc) is 1.81. The number of ether oxygens (including phenoxy) is 1. The molecule has 0 heterocycles. The molecule has 0 rings (SSSR count). The summed E-state index contributed by atoms with van der Waals surface area (Å²) >= 11 is 0. The van der Waals surface area contributed by atoms with Crippen molar-refractivity contribution in [1.29, 1.82) is 0 Å². The van der Waals surface area contributed by atoms with Crippen molar-refractivity contribution in [3.8, 4) is 0 Å². The highest BCUT2D eigenvalue weighted by Gasteiger charge is 1.85. The summed E-state index contributed by atoms with van der Waals surface area (Å²) in [6.45, 7) is 0.830. The van der Waals surface area contributed by atoms with Gasteiger partial charge in [-0.3, -0.25) is 0 Å². The molecule has 0 amide bonds. The molecule has 0 aliphatic heterocycles. The second-order valence-corrected chi connectivity index (χ2v) is 3.16. The summed E-state index contributed by atoms with van der Waals surface area (Å²) in [7, 11) is 2.26. The predicted molar refractivity (Wildman–Crippen MR) is 37.5 cm³/mol. The quantitative estimate of drug-likeness (QED) is 0.415. The second-order valence-electron chi connectivity index (χ2n) is 1.67. The van der Waals surface area contributed by atoms with Crippen LogP contribution in [0.2, 0.25) is 6.04 Å². The van der Waals surface area contributed by atoms with Gasteiger partial charge in [-0.1, -0.05) is 6.04 Å². The first-order valence-corrected chi connectivity index (χ1v) is 4.55. The van der Waals surface area contributed by atoms with E-state index in [-0.39, 0.29) is 0 Å². The fraction of sp³-hybridized carbons (Fsp3) is 1.00. The van der Waals surface area contributed by atoms with Crippen LogP contribution in [-0.4, -0.2) is 29.4 Å². The Hall–Kier alpha value is 0.137. The third kappa shape index (κ3) is 6.14. The van der Waals surface area contributed by atoms with E-state index in [0.717, 1.165) is 12.8 Å². The Labute approximate surface area is 53.2 Å². The van der Waals surface area contributed by atoms with Crippen LogP contribution in [0.15, 0.2) is 0 Å². The summed E-state index contributed by atoms with van der Waals surface area (Å²) in [6.07, 6.45) is 2.12. The highest BCUT2D eigenvalue weighted by Crippen LogP contribution is 1.83. The maximum Gasteiger partial charge on any atom is 0.0617 e. The van der Waals surface area contributed by atoms with Gasteiger partial charge >= 0.3 is 0 Å². The molecule has 0 aliphatic carbocycles. The first-order valence-electron chi connectivity index (χ1n) is 2.92. The van der Waals surface area contributed by atoms with Crippen molar-refractivity contribution >= 4 is 9.52 Å². The highest BCUT2D eigenvalue weighted by atomic mass is 28.2. The van der Waals surface area contributed by atoms with E-state index in [1.807, 2.05) is 0 Å². The molecule has 3 heteroatoms. The van der Waals surface area contributed by atoms with Crippen molar-refractivity contribution in [2.75, 3.05) is 19.9 Å². The minimum absolute atomic E-state index is 0.517. The van der Waals surface area contributed by atoms with Crippen LogP contribution in [0.25, 0.3) is 0 Å². The number of rotatable bonds is 5. The monoisotopic (exact) mass is 132 g/mol. The van der Waals surface area contributed by atoms with Crippen molar-refractivity contribution in [3.63, 3.8) is 0 Å². The molecule has 0 saturated heterocycles. The van der Waals surface area contributed by atoms with E-state index < -0.39 is 0 Å². The van der Waals surface area contributed by atoms with Crippen LogP contribution in [0.4, 0.5) is 0 Å². The van der Waals surface area contributed by atoms with Crippen LogP contribution in [0, 0.1) is 0 Å². The smallest absolute Gasteiger partial charge is 0.0617 e. The molecule has 1 radical (unpaired) electrons. The third-order valence-electron chi connectivity index (χ3n) is 0.897. The summed E-state index contributed by atoms with van der Waals surface area (Å²) in [6, 6.07) is 1.28. The highest BCUT2D eigenvalue weighted by molar-refractivity contribution is 6.35. The Morgan fingerprint density at radius 1 is 1.62 bits per heavy atom. The molecule has 0 fully saturated rings. The molecule has 0 saturated carbocycles. The Balaban J connectivity index is 2.53. The first-order chi connectivity index (χ1) is 3.91. The zero-order valence-electron chi connectivity index (χ0n) is 5.39. The number of hydrogen-bond donors (Lipinski definition) is 1. The van der Waals surface area contributed by atoms with Crippen molar-refractivity contribution < 1.29 is 4.74 Å². The summed E-state index contributed by atoms with van der Waals surface area (Å²) in [5.74, 6) is 0. The van der Waals surface area contributed by atoms with Crippen LogP contribution in [0.1, 0.15) is 6.42 Å². The lowest BCUT2D eigenvalue weighted by molar-refractivity contribution is 0.251. The zero-order valence-corrected chi connectivity index (χ0v) is 6.55. The van der Waals surface area contributed by atoms with E-state index in [2.05, 4.69) is 0 Å². The van der Waals surface area contributed by atoms with Gasteiger partial charge in [-0.2, -0.15) is 0 Å². The Bertz CT molecular complexity index is 37.4. The number of hydrogen-bond acceptors (Lipinski definition) is 2. The fourth-order valence-corrected chi connectivity index (χ4v) is 1.39. The molecule has 0 bridgehead atoms. The number of methoxy groups -OCH3 is 1. The van der Waals surface area contributed by atoms with Gasteiger partial charge < -0.3 is 10.5 Å². The van der Waals surface area contributed by atoms with Crippen LogP contribution in [0.5, 0.6) is 0 Å². The average molecular weight is 132 g/mol. The molecular formula is C5H14NOSi. The van der Waals surface area contributed by atoms with Crippen LogP contribution >= 0.6 is 0 Å². The lowest BCUT2D eigenvalue weighted by atomic mass is 10.5. The normalized spacial score (nSPS) is 9.75. The molecule has 2 N–H and O–H groups in total. The van der Waals surface area contributed by atoms with E-state index in [4.69, 9.17) is 10.5 Å². The van der Waals surface area contributed by atoms with E-state index in [9.17, 15) is 0 Å². The molecule has 8 heavy (non-hydrogen) atoms. The molecule has 2 nitrogen and oxygen atoms in total. The number of nitrogens with two attached hydrogens (primary N) is 1. The van der Waals surface area contributed by atoms with Gasteiger partial charge in [-0.05, 0) is 13.0 Å². The van der Waals surface area contributed by atoms with Crippen LogP contribution < -0.4 is 5.73 Å². The molecule has 0 spiro atoms. The van der Waals surface area contributed by atoms with Gasteiger partial charge in [0.15, 0.2) is 0 Å². The van der Waals surface area contributed by atoms with E-state index in [0.29, 0.717) is 9.52 Å². The zero-order chi connectivity index (χ0) is 6.24. The van der Waals surface area contributed by atoms with Gasteiger partial charge in [0.05, 0.1) is 9.52 Å². The van der Waals surface area contributed by atoms with Crippen molar-refractivity contribution in [1.82, 2.24) is 0 Å². The summed E-state index contributed by atoms with van der Waals surface area (Å²) in [4.78, 5) is 0. The minimum atomic E-state index is 0.517. The Morgan fingerprint density at radius 2 is 2.38 bits per heavy atom. The second kappa shape index (κ2) is 7.14. The molecule has 0 aromatic rings. The van der Waals surface area contributed by atoms with Gasteiger partial charge in [0.2, 0.25) is 0 Å². The largest absolute Gasteiger partial charge is 0.389 e. The van der Waals surface area contributed by atoms with Crippen molar-refractivity contribution in [2.45, 2.75) is 12.5 Å². The van der Waals surface area contributed by atoms with Crippen LogP contribution in [0.3, 0.4) is 0 Å². The van der Waals surface area contributed by atoms with E-state index >= 15 is 0 Å². The molecule has 0 aliphatic rings. The molecule has 0 atom stereocenters. The fourth-order valence-electron chi connectivity index (χ4n) is 0.463. The standard InChI is InChI=1S/C5H14NOSi/c1-7-5-8-4-2-3-6/h8H,2-6H2,1H3. The third-order valence-corrected chi connectivity index (χ3v) is 2.28. The maximum absolute atomic E-state index is 5.28. The topological polar surface area (TPSA) is 35.2 Å². The maximum atomic E-state index is 5.28. The van der Waals surface area contributed by atoms with Gasteiger partial charge in [0, 0.05) is 13.3 Å². The lowest BCUT2D eigenvalue weighted by Gasteiger charge is -1.94. The van der Waals surface area contributed by atoms with E-state index in [1.54, 1.807) is 7.11 Å². The van der Waals surface area contributed by atoms with E-state index in [1.165, 1.54) is 12.5 Å². The van der Waals surface area contributed by atoms with Gasteiger partial charge in [0.25, 0.3) is 0 Å². The Morgan fingerprint density at radius 3 is 2.88 bits per heavy atom. The summed E-state index contributed by atoms with van der Waals surface area (Å²) < 4.78 is 4.88. The molecule has 0 aromatic carbocycles. The van der Waals surface area contributed by atoms with Crippen molar-refractivity contribution in [3.05, 3.63) is 0 Å². The minimum Gasteiger partial charge on any atom is -0.389 e. The van der Waals surface area contributed by atoms with Gasteiger partial charge in [-0.15, -0.1) is 0 Å². The molecule has 0 unspecified atom stereocenters. The first kappa shape index (κ1) is 8.14. The lowest BCUT2D eigenvalue weighted by Crippen LogP contribution is -2.04. The molecular weight excluding hydrogens is 118 g/mol. The SMILES string of the molecule is COC[SiH]CCCN. The Kier molecular flexibility index (Phi) is 7.26. The predicted octanol–water partition coefficient (Wildman–Crippen LogP) is -0.206.